The summed E-state index contributed by atoms with van der Waals surface area (Å²) in [6.07, 6.45) is 1.67. The van der Waals surface area contributed by atoms with E-state index in [4.69, 9.17) is 9.15 Å². The molecule has 5 rings (SSSR count). The highest BCUT2D eigenvalue weighted by Gasteiger charge is 2.33. The molecule has 0 fully saturated rings. The van der Waals surface area contributed by atoms with Crippen molar-refractivity contribution in [1.29, 1.82) is 0 Å². The molecule has 0 radical (unpaired) electrons. The van der Waals surface area contributed by atoms with Gasteiger partial charge in [-0.05, 0) is 42.2 Å². The second-order valence-electron chi connectivity index (χ2n) is 7.43. The summed E-state index contributed by atoms with van der Waals surface area (Å²) in [5, 5.41) is 17.0. The summed E-state index contributed by atoms with van der Waals surface area (Å²) < 4.78 is 11.4. The molecule has 8 nitrogen and oxygen atoms in total. The number of fused-ring (bicyclic) bond motifs is 2. The van der Waals surface area contributed by atoms with Crippen LogP contribution in [0.5, 0.6) is 5.75 Å². The van der Waals surface area contributed by atoms with E-state index in [0.717, 1.165) is 29.7 Å². The van der Waals surface area contributed by atoms with Crippen molar-refractivity contribution in [2.24, 2.45) is 0 Å². The van der Waals surface area contributed by atoms with E-state index in [9.17, 15) is 14.9 Å². The molecule has 1 aromatic heterocycles. The number of furan rings is 1. The fourth-order valence-electron chi connectivity index (χ4n) is 4.25. The summed E-state index contributed by atoms with van der Waals surface area (Å²) >= 11 is 0. The zero-order valence-electron chi connectivity index (χ0n) is 16.7. The summed E-state index contributed by atoms with van der Waals surface area (Å²) in [6, 6.07) is 15.3. The van der Waals surface area contributed by atoms with Crippen LogP contribution in [-0.2, 0) is 6.42 Å². The van der Waals surface area contributed by atoms with Crippen molar-refractivity contribution >= 4 is 17.4 Å². The van der Waals surface area contributed by atoms with Gasteiger partial charge in [-0.1, -0.05) is 24.3 Å². The number of carbonyl (C=O) groups excluding carboxylic acids is 1. The number of non-ortho nitro benzene ring substituents is 1. The van der Waals surface area contributed by atoms with Gasteiger partial charge in [-0.15, -0.1) is 0 Å². The average molecular weight is 417 g/mol. The molecule has 1 aliphatic heterocycles. The number of urea groups is 1. The minimum atomic E-state index is -0.473. The lowest BCUT2D eigenvalue weighted by molar-refractivity contribution is -0.384. The number of methoxy groups -OCH3 is 1. The molecule has 1 unspecified atom stereocenters. The number of nitro benzene ring substituents is 1. The summed E-state index contributed by atoms with van der Waals surface area (Å²) in [4.78, 5) is 23.0. The summed E-state index contributed by atoms with van der Waals surface area (Å²) in [5.41, 5.74) is 4.68. The number of hydrogen-bond acceptors (Lipinski definition) is 5. The first-order valence-electron chi connectivity index (χ1n) is 9.86. The van der Waals surface area contributed by atoms with Gasteiger partial charge in [0.15, 0.2) is 0 Å². The Balaban J connectivity index is 1.54. The number of nitrogens with one attached hydrogen (secondary N) is 2. The summed E-state index contributed by atoms with van der Waals surface area (Å²) in [5.74, 6) is 1.45. The van der Waals surface area contributed by atoms with Gasteiger partial charge in [-0.3, -0.25) is 10.1 Å². The number of rotatable bonds is 4. The lowest BCUT2D eigenvalue weighted by Crippen LogP contribution is -2.44. The molecule has 31 heavy (non-hydrogen) atoms. The van der Waals surface area contributed by atoms with Gasteiger partial charge in [0.1, 0.15) is 23.3 Å². The molecule has 0 saturated carbocycles. The summed E-state index contributed by atoms with van der Waals surface area (Å²) in [7, 11) is 1.45. The Morgan fingerprint density at radius 3 is 2.74 bits per heavy atom. The number of carbonyl (C=O) groups is 1. The zero-order valence-corrected chi connectivity index (χ0v) is 16.7. The fraction of sp³-hybridized carbons (Fsp3) is 0.174. The molecule has 0 spiro atoms. The molecule has 2 amide bonds. The van der Waals surface area contributed by atoms with Gasteiger partial charge < -0.3 is 19.8 Å². The molecule has 2 N–H and O–H groups in total. The van der Waals surface area contributed by atoms with Gasteiger partial charge in [0.2, 0.25) is 0 Å². The van der Waals surface area contributed by atoms with Crippen LogP contribution in [0.2, 0.25) is 0 Å². The SMILES string of the molecule is COc1cc([N+](=O)[O-])ccc1-c1ccc(C2NC(=O)NC3=C2CCc2ccccc23)o1. The second-order valence-corrected chi connectivity index (χ2v) is 7.43. The third-order valence-electron chi connectivity index (χ3n) is 5.71. The minimum absolute atomic E-state index is 0.0614. The lowest BCUT2D eigenvalue weighted by Gasteiger charge is -2.33. The van der Waals surface area contributed by atoms with Crippen LogP contribution in [0.3, 0.4) is 0 Å². The molecule has 0 saturated heterocycles. The molecule has 156 valence electrons. The van der Waals surface area contributed by atoms with Gasteiger partial charge in [-0.2, -0.15) is 0 Å². The number of aryl methyl sites for hydroxylation is 1. The van der Waals surface area contributed by atoms with Gasteiger partial charge in [0.05, 0.1) is 29.4 Å². The molecule has 2 aliphatic rings. The third-order valence-corrected chi connectivity index (χ3v) is 5.71. The maximum Gasteiger partial charge on any atom is 0.320 e. The standard InChI is InChI=1S/C23H19N3O5/c1-30-20-12-14(26(28)29)7-9-16(20)18-10-11-19(31-18)22-17-8-6-13-4-2-3-5-15(13)21(17)24-23(27)25-22/h2-5,7,9-12,22H,6,8H2,1H3,(H2,24,25,27). The Labute approximate surface area is 177 Å². The molecule has 8 heteroatoms. The fourth-order valence-corrected chi connectivity index (χ4v) is 4.25. The maximum atomic E-state index is 12.4. The van der Waals surface area contributed by atoms with Crippen molar-refractivity contribution in [3.05, 3.63) is 87.2 Å². The molecule has 3 aromatic rings. The number of ether oxygens (including phenoxy) is 1. The largest absolute Gasteiger partial charge is 0.496 e. The zero-order chi connectivity index (χ0) is 21.5. The first kappa shape index (κ1) is 18.9. The molecule has 2 aromatic carbocycles. The Morgan fingerprint density at radius 1 is 1.10 bits per heavy atom. The van der Waals surface area contributed by atoms with E-state index in [0.29, 0.717) is 22.8 Å². The van der Waals surface area contributed by atoms with E-state index in [1.165, 1.54) is 24.8 Å². The highest BCUT2D eigenvalue weighted by atomic mass is 16.6. The van der Waals surface area contributed by atoms with Crippen molar-refractivity contribution in [3.8, 4) is 17.1 Å². The number of benzene rings is 2. The number of nitrogens with zero attached hydrogens (tertiary/aromatic N) is 1. The molecular formula is C23H19N3O5. The molecule has 2 heterocycles. The number of amides is 2. The van der Waals surface area contributed by atoms with E-state index in [-0.39, 0.29) is 11.7 Å². The molecule has 1 aliphatic carbocycles. The normalized spacial score (nSPS) is 17.3. The van der Waals surface area contributed by atoms with E-state index in [1.54, 1.807) is 12.1 Å². The van der Waals surface area contributed by atoms with Gasteiger partial charge in [0.25, 0.3) is 5.69 Å². The molecule has 0 bridgehead atoms. The van der Waals surface area contributed by atoms with Crippen LogP contribution in [0.25, 0.3) is 17.0 Å². The van der Waals surface area contributed by atoms with E-state index >= 15 is 0 Å². The van der Waals surface area contributed by atoms with Crippen LogP contribution in [0, 0.1) is 10.1 Å². The highest BCUT2D eigenvalue weighted by molar-refractivity contribution is 5.91. The van der Waals surface area contributed by atoms with Crippen molar-refractivity contribution in [2.75, 3.05) is 7.11 Å². The highest BCUT2D eigenvalue weighted by Crippen LogP contribution is 2.41. The van der Waals surface area contributed by atoms with Gasteiger partial charge in [-0.25, -0.2) is 4.79 Å². The minimum Gasteiger partial charge on any atom is -0.496 e. The van der Waals surface area contributed by atoms with Crippen LogP contribution in [0.4, 0.5) is 10.5 Å². The molecule has 1 atom stereocenters. The van der Waals surface area contributed by atoms with E-state index < -0.39 is 11.0 Å². The van der Waals surface area contributed by atoms with Crippen LogP contribution in [0.1, 0.15) is 29.3 Å². The Kier molecular flexibility index (Phi) is 4.47. The summed E-state index contributed by atoms with van der Waals surface area (Å²) in [6.45, 7) is 0. The lowest BCUT2D eigenvalue weighted by atomic mass is 9.84. The number of hydrogen-bond donors (Lipinski definition) is 2. The topological polar surface area (TPSA) is 107 Å². The molecular weight excluding hydrogens is 398 g/mol. The number of nitro groups is 1. The Morgan fingerprint density at radius 2 is 1.94 bits per heavy atom. The monoisotopic (exact) mass is 417 g/mol. The van der Waals surface area contributed by atoms with E-state index in [2.05, 4.69) is 16.7 Å². The second kappa shape index (κ2) is 7.32. The first-order valence-corrected chi connectivity index (χ1v) is 9.86. The van der Waals surface area contributed by atoms with Crippen LogP contribution in [-0.4, -0.2) is 18.1 Å². The first-order chi connectivity index (χ1) is 15.0. The van der Waals surface area contributed by atoms with Crippen molar-refractivity contribution in [3.63, 3.8) is 0 Å². The Hall–Kier alpha value is -4.07. The van der Waals surface area contributed by atoms with Crippen molar-refractivity contribution in [1.82, 2.24) is 10.6 Å². The predicted molar refractivity (Wildman–Crippen MR) is 113 cm³/mol. The predicted octanol–water partition coefficient (Wildman–Crippen LogP) is 4.57. The van der Waals surface area contributed by atoms with Crippen LogP contribution in [0.15, 0.2) is 64.6 Å². The van der Waals surface area contributed by atoms with Crippen molar-refractivity contribution < 1.29 is 18.9 Å². The quantitative estimate of drug-likeness (QED) is 0.478. The van der Waals surface area contributed by atoms with Crippen LogP contribution >= 0.6 is 0 Å². The van der Waals surface area contributed by atoms with Crippen LogP contribution < -0.4 is 15.4 Å². The maximum absolute atomic E-state index is 12.4. The van der Waals surface area contributed by atoms with Gasteiger partial charge in [0, 0.05) is 11.6 Å². The average Bonchev–Trinajstić information content (AvgIpc) is 3.27. The Bertz CT molecular complexity index is 1240. The van der Waals surface area contributed by atoms with Crippen molar-refractivity contribution in [2.45, 2.75) is 18.9 Å². The van der Waals surface area contributed by atoms with E-state index in [1.807, 2.05) is 24.3 Å². The third kappa shape index (κ3) is 3.22. The van der Waals surface area contributed by atoms with Gasteiger partial charge >= 0.3 is 6.03 Å². The smallest absolute Gasteiger partial charge is 0.320 e.